The van der Waals surface area contributed by atoms with Crippen LogP contribution in [0.5, 0.6) is 5.75 Å². The van der Waals surface area contributed by atoms with E-state index in [0.29, 0.717) is 25.2 Å². The maximum atomic E-state index is 14.8. The van der Waals surface area contributed by atoms with Crippen LogP contribution in [-0.2, 0) is 24.6 Å². The van der Waals surface area contributed by atoms with Gasteiger partial charge in [0.2, 0.25) is 6.29 Å². The second kappa shape index (κ2) is 9.67. The zero-order valence-electron chi connectivity index (χ0n) is 18.1. The Morgan fingerprint density at radius 2 is 1.74 bits per heavy atom. The van der Waals surface area contributed by atoms with Crippen LogP contribution in [-0.4, -0.2) is 49.0 Å². The van der Waals surface area contributed by atoms with Crippen molar-refractivity contribution in [3.63, 3.8) is 0 Å². The predicted octanol–water partition coefficient (Wildman–Crippen LogP) is 3.65. The van der Waals surface area contributed by atoms with Crippen LogP contribution in [0.15, 0.2) is 36.7 Å². The number of hydrogen-bond donors (Lipinski definition) is 3. The van der Waals surface area contributed by atoms with Gasteiger partial charge >= 0.3 is 21.3 Å². The second-order valence-electron chi connectivity index (χ2n) is 8.11. The summed E-state index contributed by atoms with van der Waals surface area (Å²) in [7, 11) is -10.9. The van der Waals surface area contributed by atoms with E-state index in [2.05, 4.69) is 4.98 Å². The third-order valence-corrected chi connectivity index (χ3v) is 10.3. The molecule has 2 saturated heterocycles. The van der Waals surface area contributed by atoms with E-state index < -0.39 is 62.0 Å². The summed E-state index contributed by atoms with van der Waals surface area (Å²) >= 11 is 0. The second-order valence-corrected chi connectivity index (χ2v) is 12.4. The zero-order valence-corrected chi connectivity index (χ0v) is 19.9. The molecule has 2 aliphatic rings. The van der Waals surface area contributed by atoms with Crippen LogP contribution in [0.2, 0.25) is 0 Å². The number of nitrogens with zero attached hydrogens (tertiary/aromatic N) is 2. The Morgan fingerprint density at radius 1 is 1.14 bits per heavy atom. The number of halogens is 2. The van der Waals surface area contributed by atoms with Crippen LogP contribution < -0.4 is 4.74 Å². The summed E-state index contributed by atoms with van der Waals surface area (Å²) in [6.07, 6.45) is 0.894. The van der Waals surface area contributed by atoms with Gasteiger partial charge in [-0.05, 0) is 30.9 Å². The van der Waals surface area contributed by atoms with E-state index in [4.69, 9.17) is 13.8 Å². The van der Waals surface area contributed by atoms with E-state index in [-0.39, 0.29) is 5.56 Å². The number of benzene rings is 1. The van der Waals surface area contributed by atoms with Crippen LogP contribution in [0.25, 0.3) is 0 Å². The van der Waals surface area contributed by atoms with E-state index in [0.717, 1.165) is 19.3 Å². The molecule has 1 aromatic heterocycles. The number of likely N-dealkylation sites (tertiary alicyclic amines) is 1. The number of amides is 1. The largest absolute Gasteiger partial charge is 0.415 e. The Kier molecular flexibility index (Phi) is 7.14. The molecule has 4 rings (SSSR count). The van der Waals surface area contributed by atoms with Crippen molar-refractivity contribution in [1.82, 2.24) is 9.88 Å². The minimum absolute atomic E-state index is 0.0986. The number of hydrogen-bond acceptors (Lipinski definition) is 8. The Morgan fingerprint density at radius 3 is 2.29 bits per heavy atom. The smallest absolute Gasteiger partial charge is 0.410 e. The highest BCUT2D eigenvalue weighted by Gasteiger charge is 2.67. The number of aromatic nitrogens is 1. The third-order valence-electron chi connectivity index (χ3n) is 5.65. The molecule has 3 N–H and O–H groups in total. The Labute approximate surface area is 198 Å². The fraction of sp³-hybridized carbons (Fsp3) is 0.400. The van der Waals surface area contributed by atoms with Gasteiger partial charge in [-0.15, -0.1) is 0 Å². The fourth-order valence-electron chi connectivity index (χ4n) is 3.78. The normalized spacial score (nSPS) is 31.2. The van der Waals surface area contributed by atoms with Gasteiger partial charge in [0.15, 0.2) is 0 Å². The lowest BCUT2D eigenvalue weighted by molar-refractivity contribution is -0.0614. The highest BCUT2D eigenvalue weighted by atomic mass is 31.2. The SMILES string of the molecule is O=C(Oc1cc(F)c(C2OP(=O)(O)C(O)(Cc3cccnc3)P(=O)(O)O2)c(F)c1)N1CCCCC1. The highest BCUT2D eigenvalue weighted by Crippen LogP contribution is 2.79. The van der Waals surface area contributed by atoms with Crippen molar-refractivity contribution in [2.24, 2.45) is 0 Å². The standard InChI is InChI=1S/C20H22F2N2O9P2/c21-15-9-14(31-19(25)24-7-2-1-3-8-24)10-16(22)17(15)18-32-34(27,28)20(26,35(29,30)33-18)11-13-5-4-6-23-12-13/h4-6,9-10,12,18,26H,1-3,7-8,11H2,(H,27,28)(H,29,30). The first-order valence-electron chi connectivity index (χ1n) is 10.5. The summed E-state index contributed by atoms with van der Waals surface area (Å²) in [5.74, 6) is -3.37. The van der Waals surface area contributed by atoms with Gasteiger partial charge in [0.25, 0.3) is 5.08 Å². The monoisotopic (exact) mass is 534 g/mol. The van der Waals surface area contributed by atoms with Crippen molar-refractivity contribution in [2.75, 3.05) is 13.1 Å². The first kappa shape index (κ1) is 25.8. The fourth-order valence-corrected chi connectivity index (χ4v) is 7.32. The van der Waals surface area contributed by atoms with Gasteiger partial charge in [-0.1, -0.05) is 6.07 Å². The van der Waals surface area contributed by atoms with E-state index >= 15 is 0 Å². The zero-order chi connectivity index (χ0) is 25.4. The number of aliphatic hydroxyl groups is 1. The third kappa shape index (κ3) is 5.03. The highest BCUT2D eigenvalue weighted by molar-refractivity contribution is 7.73. The van der Waals surface area contributed by atoms with Crippen LogP contribution in [0.1, 0.15) is 36.7 Å². The van der Waals surface area contributed by atoms with Gasteiger partial charge in [0.1, 0.15) is 17.4 Å². The number of carbonyl (C=O) groups is 1. The molecule has 0 spiro atoms. The number of piperidine rings is 1. The van der Waals surface area contributed by atoms with Crippen LogP contribution in [0.3, 0.4) is 0 Å². The van der Waals surface area contributed by atoms with Crippen LogP contribution in [0, 0.1) is 11.6 Å². The van der Waals surface area contributed by atoms with Gasteiger partial charge in [0, 0.05) is 44.0 Å². The van der Waals surface area contributed by atoms with Crippen molar-refractivity contribution < 1.29 is 51.4 Å². The number of ether oxygens (including phenoxy) is 1. The number of pyridine rings is 1. The minimum atomic E-state index is -5.45. The molecule has 1 aromatic carbocycles. The maximum absolute atomic E-state index is 14.8. The van der Waals surface area contributed by atoms with Gasteiger partial charge in [-0.3, -0.25) is 23.2 Å². The van der Waals surface area contributed by atoms with Crippen LogP contribution >= 0.6 is 15.2 Å². The molecule has 0 bridgehead atoms. The molecule has 11 nitrogen and oxygen atoms in total. The van der Waals surface area contributed by atoms with Crippen molar-refractivity contribution in [3.8, 4) is 5.75 Å². The van der Waals surface area contributed by atoms with Gasteiger partial charge in [0.05, 0.1) is 5.56 Å². The van der Waals surface area contributed by atoms with E-state index in [9.17, 15) is 37.6 Å². The molecular weight excluding hydrogens is 512 g/mol. The molecule has 2 aliphatic heterocycles. The molecule has 35 heavy (non-hydrogen) atoms. The molecule has 0 radical (unpaired) electrons. The summed E-state index contributed by atoms with van der Waals surface area (Å²) in [6, 6.07) is 3.99. The van der Waals surface area contributed by atoms with Gasteiger partial charge in [-0.2, -0.15) is 0 Å². The van der Waals surface area contributed by atoms with Crippen molar-refractivity contribution in [3.05, 3.63) is 59.4 Å². The first-order valence-corrected chi connectivity index (χ1v) is 13.7. The molecule has 1 amide bonds. The average molecular weight is 534 g/mol. The van der Waals surface area contributed by atoms with E-state index in [1.54, 1.807) is 0 Å². The predicted molar refractivity (Wildman–Crippen MR) is 115 cm³/mol. The summed E-state index contributed by atoms with van der Waals surface area (Å²) in [5, 5.41) is 7.37. The number of carbonyl (C=O) groups excluding carboxylic acids is 1. The van der Waals surface area contributed by atoms with Gasteiger partial charge < -0.3 is 24.5 Å². The lowest BCUT2D eigenvalue weighted by Crippen LogP contribution is -2.38. The van der Waals surface area contributed by atoms with Crippen LogP contribution in [0.4, 0.5) is 13.6 Å². The Hall–Kier alpha value is -2.24. The Balaban J connectivity index is 1.58. The molecule has 190 valence electrons. The molecule has 2 unspecified atom stereocenters. The first-order chi connectivity index (χ1) is 16.4. The topological polar surface area (TPSA) is 156 Å². The lowest BCUT2D eigenvalue weighted by atomic mass is 10.1. The quantitative estimate of drug-likeness (QED) is 0.495. The summed E-state index contributed by atoms with van der Waals surface area (Å²) < 4.78 is 69.8. The van der Waals surface area contributed by atoms with E-state index in [1.165, 1.54) is 29.4 Å². The van der Waals surface area contributed by atoms with E-state index in [1.807, 2.05) is 0 Å². The van der Waals surface area contributed by atoms with Crippen molar-refractivity contribution >= 4 is 21.3 Å². The molecule has 2 atom stereocenters. The van der Waals surface area contributed by atoms with Gasteiger partial charge in [-0.25, -0.2) is 13.6 Å². The Bertz CT molecular complexity index is 1160. The summed E-state index contributed by atoms with van der Waals surface area (Å²) in [6.45, 7) is 0.871. The lowest BCUT2D eigenvalue weighted by Gasteiger charge is -2.41. The molecular formula is C20H22F2N2O9P2. The van der Waals surface area contributed by atoms with Crippen molar-refractivity contribution in [1.29, 1.82) is 0 Å². The maximum Gasteiger partial charge on any atom is 0.415 e. The molecule has 15 heteroatoms. The molecule has 2 aromatic rings. The summed E-state index contributed by atoms with van der Waals surface area (Å²) in [5.41, 5.74) is -1.02. The average Bonchev–Trinajstić information content (AvgIpc) is 2.78. The molecule has 0 aliphatic carbocycles. The van der Waals surface area contributed by atoms with Crippen molar-refractivity contribution in [2.45, 2.75) is 37.1 Å². The summed E-state index contributed by atoms with van der Waals surface area (Å²) in [4.78, 5) is 38.0. The molecule has 3 heterocycles. The molecule has 2 fully saturated rings. The minimum Gasteiger partial charge on any atom is -0.410 e. The molecule has 0 saturated carbocycles. The number of rotatable bonds is 4.